The van der Waals surface area contributed by atoms with Gasteiger partial charge in [0.2, 0.25) is 0 Å². The second-order valence-corrected chi connectivity index (χ2v) is 13.1. The fraction of sp³-hybridized carbons (Fsp3) is 0.926. The van der Waals surface area contributed by atoms with Crippen molar-refractivity contribution < 1.29 is 10.2 Å². The molecule has 0 aromatic rings. The lowest BCUT2D eigenvalue weighted by Crippen LogP contribution is -2.60. The Morgan fingerprint density at radius 1 is 1.13 bits per heavy atom. The fourth-order valence-electron chi connectivity index (χ4n) is 10.7. The molecule has 5 aliphatic carbocycles. The molecular formula is C27H46N2O2. The molecule has 0 amide bonds. The zero-order valence-electron chi connectivity index (χ0n) is 20.9. The van der Waals surface area contributed by atoms with Crippen molar-refractivity contribution in [3.8, 4) is 0 Å². The Hall–Kier alpha value is -0.420. The third-order valence-electron chi connectivity index (χ3n) is 12.5. The van der Waals surface area contributed by atoms with E-state index < -0.39 is 0 Å². The molecule has 4 heteroatoms. The van der Waals surface area contributed by atoms with Gasteiger partial charge in [0.05, 0.1) is 6.10 Å². The van der Waals surface area contributed by atoms with Crippen LogP contribution in [0.2, 0.25) is 0 Å². The third kappa shape index (κ3) is 2.32. The van der Waals surface area contributed by atoms with Gasteiger partial charge in [-0.2, -0.15) is 0 Å². The largest absolute Gasteiger partial charge is 0.396 e. The molecule has 31 heavy (non-hydrogen) atoms. The first-order valence-corrected chi connectivity index (χ1v) is 12.8. The van der Waals surface area contributed by atoms with Crippen LogP contribution < -0.4 is 5.32 Å². The van der Waals surface area contributed by atoms with Gasteiger partial charge in [-0.05, 0) is 99.6 Å². The van der Waals surface area contributed by atoms with E-state index in [2.05, 4.69) is 64.2 Å². The summed E-state index contributed by atoms with van der Waals surface area (Å²) in [4.78, 5) is 2.35. The SMILES string of the molecule is CN[C@@H](C)[C@H]1[C@H](O)C[C@@]2(C)[C@@H]3C=C[C@@]4(C)[C@H](CO)[C@@H](N(C)C)CC[C@@]45C[C@@]35CC[C@]12C. The fourth-order valence-corrected chi connectivity index (χ4v) is 10.7. The van der Waals surface area contributed by atoms with Crippen LogP contribution >= 0.6 is 0 Å². The topological polar surface area (TPSA) is 55.7 Å². The van der Waals surface area contributed by atoms with Crippen LogP contribution in [0.1, 0.15) is 66.2 Å². The molecular weight excluding hydrogens is 384 g/mol. The summed E-state index contributed by atoms with van der Waals surface area (Å²) in [6, 6.07) is 0.786. The first-order valence-electron chi connectivity index (χ1n) is 12.8. The Labute approximate surface area is 189 Å². The monoisotopic (exact) mass is 430 g/mol. The van der Waals surface area contributed by atoms with Gasteiger partial charge in [-0.3, -0.25) is 0 Å². The number of aliphatic hydroxyl groups excluding tert-OH is 2. The molecule has 0 saturated heterocycles. The maximum atomic E-state index is 11.3. The van der Waals surface area contributed by atoms with E-state index in [9.17, 15) is 10.2 Å². The van der Waals surface area contributed by atoms with Crippen LogP contribution in [0.25, 0.3) is 0 Å². The average molecular weight is 431 g/mol. The number of rotatable bonds is 4. The Kier molecular flexibility index (Phi) is 4.75. The van der Waals surface area contributed by atoms with Crippen LogP contribution in [-0.2, 0) is 0 Å². The Bertz CT molecular complexity index is 783. The van der Waals surface area contributed by atoms with Crippen LogP contribution in [0.5, 0.6) is 0 Å². The van der Waals surface area contributed by atoms with Crippen LogP contribution in [0.3, 0.4) is 0 Å². The normalized spacial score (nSPS) is 58.3. The number of fused-ring (bicyclic) bond motifs is 2. The summed E-state index contributed by atoms with van der Waals surface area (Å²) in [5.74, 6) is 1.16. The number of hydrogen-bond donors (Lipinski definition) is 3. The zero-order valence-corrected chi connectivity index (χ0v) is 20.9. The van der Waals surface area contributed by atoms with E-state index in [1.54, 1.807) is 0 Å². The van der Waals surface area contributed by atoms with Crippen molar-refractivity contribution in [3.63, 3.8) is 0 Å². The molecule has 176 valence electrons. The molecule has 4 nitrogen and oxygen atoms in total. The van der Waals surface area contributed by atoms with Crippen molar-refractivity contribution in [2.24, 2.45) is 44.8 Å². The van der Waals surface area contributed by atoms with Gasteiger partial charge in [-0.25, -0.2) is 0 Å². The van der Waals surface area contributed by atoms with Crippen LogP contribution in [0, 0.1) is 44.8 Å². The Morgan fingerprint density at radius 2 is 1.84 bits per heavy atom. The second kappa shape index (κ2) is 6.58. The summed E-state index contributed by atoms with van der Waals surface area (Å²) in [5, 5.41) is 25.3. The third-order valence-corrected chi connectivity index (χ3v) is 12.5. The van der Waals surface area contributed by atoms with Crippen molar-refractivity contribution in [1.82, 2.24) is 10.2 Å². The van der Waals surface area contributed by atoms with Gasteiger partial charge < -0.3 is 20.4 Å². The number of nitrogens with zero attached hydrogens (tertiary/aromatic N) is 1. The lowest BCUT2D eigenvalue weighted by atomic mass is 9.42. The quantitative estimate of drug-likeness (QED) is 0.596. The molecule has 0 aromatic heterocycles. The van der Waals surface area contributed by atoms with Crippen molar-refractivity contribution in [2.45, 2.75) is 84.4 Å². The molecule has 2 spiro atoms. The first kappa shape index (κ1) is 22.4. The summed E-state index contributed by atoms with van der Waals surface area (Å²) >= 11 is 0. The molecule has 0 bridgehead atoms. The van der Waals surface area contributed by atoms with E-state index in [0.29, 0.717) is 40.7 Å². The highest BCUT2D eigenvalue weighted by molar-refractivity contribution is 5.39. The van der Waals surface area contributed by atoms with E-state index in [-0.39, 0.29) is 29.0 Å². The van der Waals surface area contributed by atoms with Crippen LogP contribution in [-0.4, -0.2) is 61.1 Å². The van der Waals surface area contributed by atoms with Crippen LogP contribution in [0.15, 0.2) is 12.2 Å². The van der Waals surface area contributed by atoms with E-state index >= 15 is 0 Å². The highest BCUT2D eigenvalue weighted by atomic mass is 16.3. The van der Waals surface area contributed by atoms with Gasteiger partial charge in [0.25, 0.3) is 0 Å². The van der Waals surface area contributed by atoms with Gasteiger partial charge in [0.15, 0.2) is 0 Å². The Balaban J connectivity index is 1.58. The Morgan fingerprint density at radius 3 is 2.45 bits per heavy atom. The first-order chi connectivity index (χ1) is 14.5. The summed E-state index contributed by atoms with van der Waals surface area (Å²) in [5.41, 5.74) is 1.07. The van der Waals surface area contributed by atoms with E-state index in [1.165, 1.54) is 32.1 Å². The number of nitrogens with one attached hydrogen (secondary N) is 1. The van der Waals surface area contributed by atoms with E-state index in [4.69, 9.17) is 0 Å². The molecule has 0 aromatic carbocycles. The second-order valence-electron chi connectivity index (χ2n) is 13.1. The maximum absolute atomic E-state index is 11.3. The minimum Gasteiger partial charge on any atom is -0.396 e. The molecule has 0 unspecified atom stereocenters. The smallest absolute Gasteiger partial charge is 0.0594 e. The van der Waals surface area contributed by atoms with Gasteiger partial charge >= 0.3 is 0 Å². The predicted octanol–water partition coefficient (Wildman–Crippen LogP) is 3.68. The molecule has 4 saturated carbocycles. The number of aliphatic hydroxyl groups is 2. The van der Waals surface area contributed by atoms with Crippen molar-refractivity contribution in [3.05, 3.63) is 12.2 Å². The highest BCUT2D eigenvalue weighted by Crippen LogP contribution is 2.89. The summed E-state index contributed by atoms with van der Waals surface area (Å²) in [6.07, 6.45) is 12.2. The van der Waals surface area contributed by atoms with E-state index in [0.717, 1.165) is 6.42 Å². The molecule has 5 rings (SSSR count). The molecule has 3 N–H and O–H groups in total. The van der Waals surface area contributed by atoms with Gasteiger partial charge in [0, 0.05) is 30.5 Å². The standard InChI is InChI=1S/C27H46N2O2/c1-17(28-5)22-20(31)14-25(4)21-9-10-23(2)18(15-30)19(29(6)7)8-11-27(23)16-26(21,27)13-12-24(22,25)3/h9-10,17-22,28,30-31H,8,11-16H2,1-7H3/t17-,18+,19-,20+,21-,22-,23-,24+,25-,26-,27+/m0/s1. The molecule has 4 fully saturated rings. The lowest BCUT2D eigenvalue weighted by molar-refractivity contribution is -0.119. The minimum atomic E-state index is -0.223. The molecule has 5 aliphatic rings. The van der Waals surface area contributed by atoms with Crippen LogP contribution in [0.4, 0.5) is 0 Å². The average Bonchev–Trinajstić information content (AvgIpc) is 3.32. The van der Waals surface area contributed by atoms with Crippen molar-refractivity contribution in [1.29, 1.82) is 0 Å². The molecule has 11 atom stereocenters. The predicted molar refractivity (Wildman–Crippen MR) is 126 cm³/mol. The van der Waals surface area contributed by atoms with Gasteiger partial charge in [-0.1, -0.05) is 32.9 Å². The highest BCUT2D eigenvalue weighted by Gasteiger charge is 2.83. The molecule has 0 aliphatic heterocycles. The summed E-state index contributed by atoms with van der Waals surface area (Å²) in [6.45, 7) is 10.0. The summed E-state index contributed by atoms with van der Waals surface area (Å²) < 4.78 is 0. The summed E-state index contributed by atoms with van der Waals surface area (Å²) in [7, 11) is 6.41. The number of hydrogen-bond acceptors (Lipinski definition) is 4. The molecule has 0 heterocycles. The lowest BCUT2D eigenvalue weighted by Gasteiger charge is -2.63. The van der Waals surface area contributed by atoms with E-state index in [1.807, 2.05) is 7.05 Å². The maximum Gasteiger partial charge on any atom is 0.0594 e. The van der Waals surface area contributed by atoms with Gasteiger partial charge in [0.1, 0.15) is 0 Å². The van der Waals surface area contributed by atoms with Gasteiger partial charge in [-0.15, -0.1) is 0 Å². The molecule has 0 radical (unpaired) electrons. The minimum absolute atomic E-state index is 0.0738. The van der Waals surface area contributed by atoms with Crippen molar-refractivity contribution >= 4 is 0 Å². The number of allylic oxidation sites excluding steroid dienone is 2. The zero-order chi connectivity index (χ0) is 22.6. The van der Waals surface area contributed by atoms with Crippen molar-refractivity contribution in [2.75, 3.05) is 27.7 Å².